The van der Waals surface area contributed by atoms with Crippen molar-refractivity contribution in [2.75, 3.05) is 34.9 Å². The van der Waals surface area contributed by atoms with Crippen LogP contribution in [0.15, 0.2) is 42.5 Å². The van der Waals surface area contributed by atoms with Gasteiger partial charge in [-0.3, -0.25) is 0 Å². The van der Waals surface area contributed by atoms with Crippen LogP contribution in [0, 0.1) is 0 Å². The van der Waals surface area contributed by atoms with Crippen molar-refractivity contribution in [3.05, 3.63) is 48.0 Å². The molecule has 25 heavy (non-hydrogen) atoms. The average Bonchev–Trinajstić information content (AvgIpc) is 2.61. The van der Waals surface area contributed by atoms with Gasteiger partial charge in [0, 0.05) is 18.6 Å². The lowest BCUT2D eigenvalue weighted by Crippen LogP contribution is -2.46. The Bertz CT molecular complexity index is 682. The quantitative estimate of drug-likeness (QED) is 0.791. The number of rotatable bonds is 8. The van der Waals surface area contributed by atoms with E-state index in [-0.39, 0.29) is 5.54 Å². The van der Waals surface area contributed by atoms with E-state index in [0.29, 0.717) is 0 Å². The Hall–Kier alpha value is -2.04. The second-order valence-electron chi connectivity index (χ2n) is 7.04. The summed E-state index contributed by atoms with van der Waals surface area (Å²) in [4.78, 5) is 2.23. The van der Waals surface area contributed by atoms with Crippen LogP contribution in [0.2, 0.25) is 0 Å². The van der Waals surface area contributed by atoms with Crippen LogP contribution >= 0.6 is 0 Å². The van der Waals surface area contributed by atoms with Crippen molar-refractivity contribution in [1.29, 1.82) is 0 Å². The molecule has 4 heteroatoms. The minimum absolute atomic E-state index is 0.0868. The van der Waals surface area contributed by atoms with E-state index in [9.17, 15) is 0 Å². The fraction of sp³-hybridized carbons (Fsp3) is 0.429. The van der Waals surface area contributed by atoms with E-state index in [1.54, 1.807) is 14.2 Å². The molecule has 0 heterocycles. The lowest BCUT2D eigenvalue weighted by molar-refractivity contribution is 0.190. The third-order valence-corrected chi connectivity index (χ3v) is 4.78. The Balaban J connectivity index is 2.31. The maximum atomic E-state index is 5.49. The maximum Gasteiger partial charge on any atom is 0.161 e. The highest BCUT2D eigenvalue weighted by Gasteiger charge is 2.20. The zero-order chi connectivity index (χ0) is 18.4. The Kier molecular flexibility index (Phi) is 6.45. The minimum Gasteiger partial charge on any atom is -0.493 e. The SMILES string of the molecule is COc1cc(CNCC(C)(C)N(C)C)c(-c2ccccc2)cc1OC. The van der Waals surface area contributed by atoms with E-state index >= 15 is 0 Å². The number of benzene rings is 2. The van der Waals surface area contributed by atoms with Crippen LogP contribution in [0.4, 0.5) is 0 Å². The van der Waals surface area contributed by atoms with E-state index in [2.05, 4.69) is 74.6 Å². The van der Waals surface area contributed by atoms with Crippen LogP contribution in [0.1, 0.15) is 19.4 Å². The number of hydrogen-bond donors (Lipinski definition) is 1. The van der Waals surface area contributed by atoms with Gasteiger partial charge in [-0.05, 0) is 56.8 Å². The van der Waals surface area contributed by atoms with Gasteiger partial charge in [-0.15, -0.1) is 0 Å². The molecule has 0 radical (unpaired) electrons. The molecule has 0 bridgehead atoms. The van der Waals surface area contributed by atoms with Crippen LogP contribution in [0.25, 0.3) is 11.1 Å². The van der Waals surface area contributed by atoms with E-state index in [1.807, 2.05) is 6.07 Å². The summed E-state index contributed by atoms with van der Waals surface area (Å²) in [5.41, 5.74) is 3.61. The molecule has 2 rings (SSSR count). The van der Waals surface area contributed by atoms with Crippen molar-refractivity contribution in [3.8, 4) is 22.6 Å². The molecule has 136 valence electrons. The molecule has 2 aromatic carbocycles. The maximum absolute atomic E-state index is 5.49. The number of methoxy groups -OCH3 is 2. The third kappa shape index (κ3) is 4.74. The molecule has 4 nitrogen and oxygen atoms in total. The molecule has 2 aromatic rings. The van der Waals surface area contributed by atoms with Gasteiger partial charge >= 0.3 is 0 Å². The number of nitrogens with zero attached hydrogens (tertiary/aromatic N) is 1. The van der Waals surface area contributed by atoms with Crippen molar-refractivity contribution in [2.24, 2.45) is 0 Å². The first-order chi connectivity index (χ1) is 11.9. The minimum atomic E-state index is 0.0868. The molecule has 0 aromatic heterocycles. The van der Waals surface area contributed by atoms with Crippen molar-refractivity contribution < 1.29 is 9.47 Å². The molecule has 0 saturated heterocycles. The van der Waals surface area contributed by atoms with E-state index in [1.165, 1.54) is 11.1 Å². The molecule has 0 aliphatic heterocycles. The molecule has 0 aliphatic rings. The van der Waals surface area contributed by atoms with Crippen LogP contribution in [-0.4, -0.2) is 45.3 Å². The summed E-state index contributed by atoms with van der Waals surface area (Å²) in [7, 11) is 7.55. The van der Waals surface area contributed by atoms with Crippen LogP contribution in [0.5, 0.6) is 11.5 Å². The van der Waals surface area contributed by atoms with Crippen molar-refractivity contribution >= 4 is 0 Å². The number of nitrogens with one attached hydrogen (secondary N) is 1. The molecule has 0 aliphatic carbocycles. The van der Waals surface area contributed by atoms with Crippen LogP contribution in [0.3, 0.4) is 0 Å². The Labute approximate surface area is 151 Å². The normalized spacial score (nSPS) is 11.6. The van der Waals surface area contributed by atoms with Gasteiger partial charge in [0.2, 0.25) is 0 Å². The fourth-order valence-electron chi connectivity index (χ4n) is 2.61. The fourth-order valence-corrected chi connectivity index (χ4v) is 2.61. The van der Waals surface area contributed by atoms with Gasteiger partial charge < -0.3 is 19.7 Å². The first kappa shape index (κ1) is 19.3. The third-order valence-electron chi connectivity index (χ3n) is 4.78. The van der Waals surface area contributed by atoms with Gasteiger partial charge in [0.1, 0.15) is 0 Å². The molecular weight excluding hydrogens is 312 g/mol. The van der Waals surface area contributed by atoms with Gasteiger partial charge in [-0.1, -0.05) is 30.3 Å². The number of ether oxygens (including phenoxy) is 2. The summed E-state index contributed by atoms with van der Waals surface area (Å²) < 4.78 is 11.0. The highest BCUT2D eigenvalue weighted by Crippen LogP contribution is 2.35. The van der Waals surface area contributed by atoms with Crippen LogP contribution < -0.4 is 14.8 Å². The standard InChI is InChI=1S/C21H30N2O2/c1-21(2,23(3)4)15-22-14-17-12-19(24-5)20(25-6)13-18(17)16-10-8-7-9-11-16/h7-13,22H,14-15H2,1-6H3. The lowest BCUT2D eigenvalue weighted by atomic mass is 9.98. The highest BCUT2D eigenvalue weighted by molar-refractivity contribution is 5.71. The van der Waals surface area contributed by atoms with E-state index in [0.717, 1.165) is 30.2 Å². The first-order valence-corrected chi connectivity index (χ1v) is 8.57. The lowest BCUT2D eigenvalue weighted by Gasteiger charge is -2.33. The van der Waals surface area contributed by atoms with Crippen LogP contribution in [-0.2, 0) is 6.54 Å². The van der Waals surface area contributed by atoms with E-state index in [4.69, 9.17) is 9.47 Å². The zero-order valence-corrected chi connectivity index (χ0v) is 16.2. The van der Waals surface area contributed by atoms with Gasteiger partial charge in [0.25, 0.3) is 0 Å². The van der Waals surface area contributed by atoms with Crippen molar-refractivity contribution in [3.63, 3.8) is 0 Å². The first-order valence-electron chi connectivity index (χ1n) is 8.57. The topological polar surface area (TPSA) is 33.7 Å². The molecule has 0 atom stereocenters. The smallest absolute Gasteiger partial charge is 0.161 e. The summed E-state index contributed by atoms with van der Waals surface area (Å²) in [6, 6.07) is 14.5. The predicted octanol–water partition coefficient (Wildman–Crippen LogP) is 3.80. The summed E-state index contributed by atoms with van der Waals surface area (Å²) in [6.45, 7) is 6.11. The molecule has 0 unspecified atom stereocenters. The summed E-state index contributed by atoms with van der Waals surface area (Å²) in [6.07, 6.45) is 0. The highest BCUT2D eigenvalue weighted by atomic mass is 16.5. The van der Waals surface area contributed by atoms with Crippen molar-refractivity contribution in [2.45, 2.75) is 25.9 Å². The summed E-state index contributed by atoms with van der Waals surface area (Å²) >= 11 is 0. The van der Waals surface area contributed by atoms with Gasteiger partial charge in [-0.25, -0.2) is 0 Å². The average molecular weight is 342 g/mol. The Morgan fingerprint density at radius 2 is 1.56 bits per heavy atom. The van der Waals surface area contributed by atoms with Crippen molar-refractivity contribution in [1.82, 2.24) is 10.2 Å². The molecular formula is C21H30N2O2. The summed E-state index contributed by atoms with van der Waals surface area (Å²) in [5, 5.41) is 3.58. The molecule has 0 saturated carbocycles. The largest absolute Gasteiger partial charge is 0.493 e. The summed E-state index contributed by atoms with van der Waals surface area (Å²) in [5.74, 6) is 1.50. The molecule has 0 spiro atoms. The monoisotopic (exact) mass is 342 g/mol. The van der Waals surface area contributed by atoms with Gasteiger partial charge in [0.15, 0.2) is 11.5 Å². The molecule has 0 fully saturated rings. The molecule has 0 amide bonds. The second-order valence-corrected chi connectivity index (χ2v) is 7.04. The number of likely N-dealkylation sites (N-methyl/N-ethyl adjacent to an activating group) is 1. The predicted molar refractivity (Wildman–Crippen MR) is 104 cm³/mol. The Morgan fingerprint density at radius 3 is 2.12 bits per heavy atom. The Morgan fingerprint density at radius 1 is 0.960 bits per heavy atom. The molecule has 1 N–H and O–H groups in total. The van der Waals surface area contributed by atoms with E-state index < -0.39 is 0 Å². The van der Waals surface area contributed by atoms with Gasteiger partial charge in [-0.2, -0.15) is 0 Å². The van der Waals surface area contributed by atoms with Gasteiger partial charge in [0.05, 0.1) is 14.2 Å². The second kappa shape index (κ2) is 8.37. The number of hydrogen-bond acceptors (Lipinski definition) is 4. The zero-order valence-electron chi connectivity index (χ0n) is 16.2.